The van der Waals surface area contributed by atoms with Crippen molar-refractivity contribution in [3.05, 3.63) is 76.6 Å². The Kier molecular flexibility index (Phi) is 5.09. The average molecular weight is 375 g/mol. The quantitative estimate of drug-likeness (QED) is 0.694. The van der Waals surface area contributed by atoms with Crippen LogP contribution in [0.25, 0.3) is 0 Å². The summed E-state index contributed by atoms with van der Waals surface area (Å²) in [6, 6.07) is 9.55. The number of benzene rings is 2. The van der Waals surface area contributed by atoms with Gasteiger partial charge in [0.1, 0.15) is 17.3 Å². The van der Waals surface area contributed by atoms with E-state index in [9.17, 15) is 13.6 Å². The van der Waals surface area contributed by atoms with E-state index in [1.807, 2.05) is 6.92 Å². The number of amides is 1. The summed E-state index contributed by atoms with van der Waals surface area (Å²) >= 11 is 5.90. The number of hydrogen-bond donors (Lipinski definition) is 2. The van der Waals surface area contributed by atoms with Crippen molar-refractivity contribution in [2.24, 2.45) is 0 Å². The minimum absolute atomic E-state index is 0.00231. The van der Waals surface area contributed by atoms with Gasteiger partial charge in [-0.25, -0.2) is 18.7 Å². The molecule has 5 nitrogen and oxygen atoms in total. The van der Waals surface area contributed by atoms with Gasteiger partial charge in [0, 0.05) is 23.0 Å². The summed E-state index contributed by atoms with van der Waals surface area (Å²) in [7, 11) is 0. The molecule has 0 fully saturated rings. The van der Waals surface area contributed by atoms with Crippen molar-refractivity contribution in [2.75, 3.05) is 10.6 Å². The van der Waals surface area contributed by atoms with E-state index in [1.54, 1.807) is 18.2 Å². The maximum absolute atomic E-state index is 13.7. The molecule has 3 rings (SSSR count). The van der Waals surface area contributed by atoms with E-state index in [-0.39, 0.29) is 17.3 Å². The molecule has 0 aliphatic rings. The van der Waals surface area contributed by atoms with E-state index >= 15 is 0 Å². The fourth-order valence-electron chi connectivity index (χ4n) is 2.21. The molecule has 132 valence electrons. The minimum atomic E-state index is -0.791. The van der Waals surface area contributed by atoms with Gasteiger partial charge in [0.25, 0.3) is 5.91 Å². The summed E-state index contributed by atoms with van der Waals surface area (Å²) < 4.78 is 26.7. The summed E-state index contributed by atoms with van der Waals surface area (Å²) in [5.41, 5.74) is 1.47. The Hall–Kier alpha value is -3.06. The number of anilines is 3. The van der Waals surface area contributed by atoms with Gasteiger partial charge >= 0.3 is 0 Å². The minimum Gasteiger partial charge on any atom is -0.322 e. The van der Waals surface area contributed by atoms with Crippen LogP contribution in [0.4, 0.5) is 26.1 Å². The Balaban J connectivity index is 1.79. The Labute approximate surface area is 153 Å². The molecular formula is C18H13ClF2N4O. The third-order valence-electron chi connectivity index (χ3n) is 3.50. The summed E-state index contributed by atoms with van der Waals surface area (Å²) in [4.78, 5) is 20.4. The molecule has 2 aromatic carbocycles. The Morgan fingerprint density at radius 1 is 1.08 bits per heavy atom. The Bertz CT molecular complexity index is 981. The smallest absolute Gasteiger partial charge is 0.274 e. The summed E-state index contributed by atoms with van der Waals surface area (Å²) in [5, 5.41) is 5.91. The highest BCUT2D eigenvalue weighted by Crippen LogP contribution is 2.21. The van der Waals surface area contributed by atoms with Crippen LogP contribution in [0.1, 0.15) is 16.1 Å². The fourth-order valence-corrected chi connectivity index (χ4v) is 2.44. The Morgan fingerprint density at radius 3 is 2.58 bits per heavy atom. The SMILES string of the molecule is Cc1cc(Cl)ccc1NC(=O)c1ccnc(Nc2ccc(F)cc2F)n1. The van der Waals surface area contributed by atoms with Gasteiger partial charge in [-0.15, -0.1) is 0 Å². The molecule has 8 heteroatoms. The lowest BCUT2D eigenvalue weighted by atomic mass is 10.2. The largest absolute Gasteiger partial charge is 0.322 e. The van der Waals surface area contributed by atoms with Crippen LogP contribution in [-0.4, -0.2) is 15.9 Å². The molecule has 0 saturated carbocycles. The van der Waals surface area contributed by atoms with Crippen LogP contribution >= 0.6 is 11.6 Å². The summed E-state index contributed by atoms with van der Waals surface area (Å²) in [6.07, 6.45) is 1.36. The maximum atomic E-state index is 13.7. The van der Waals surface area contributed by atoms with Gasteiger partial charge in [-0.3, -0.25) is 4.79 Å². The molecule has 1 amide bonds. The van der Waals surface area contributed by atoms with Crippen LogP contribution in [0.2, 0.25) is 5.02 Å². The first-order valence-electron chi connectivity index (χ1n) is 7.55. The number of nitrogens with one attached hydrogen (secondary N) is 2. The van der Waals surface area contributed by atoms with E-state index < -0.39 is 17.5 Å². The van der Waals surface area contributed by atoms with Crippen molar-refractivity contribution < 1.29 is 13.6 Å². The number of carbonyl (C=O) groups excluding carboxylic acids is 1. The molecule has 0 spiro atoms. The number of carbonyl (C=O) groups is 1. The molecular weight excluding hydrogens is 362 g/mol. The highest BCUT2D eigenvalue weighted by Gasteiger charge is 2.12. The Morgan fingerprint density at radius 2 is 1.85 bits per heavy atom. The van der Waals surface area contributed by atoms with E-state index in [4.69, 9.17) is 11.6 Å². The predicted octanol–water partition coefficient (Wildman–Crippen LogP) is 4.71. The van der Waals surface area contributed by atoms with Crippen molar-refractivity contribution in [3.63, 3.8) is 0 Å². The standard InChI is InChI=1S/C18H13ClF2N4O/c1-10-8-11(19)2-4-14(10)23-17(26)16-6-7-22-18(25-16)24-15-5-3-12(20)9-13(15)21/h2-9H,1H3,(H,23,26)(H,22,24,25). The van der Waals surface area contributed by atoms with Crippen LogP contribution in [0.3, 0.4) is 0 Å². The lowest BCUT2D eigenvalue weighted by molar-refractivity contribution is 0.102. The maximum Gasteiger partial charge on any atom is 0.274 e. The van der Waals surface area contributed by atoms with Crippen LogP contribution in [0.15, 0.2) is 48.7 Å². The number of halogens is 3. The number of aromatic nitrogens is 2. The second-order valence-electron chi connectivity index (χ2n) is 5.43. The van der Waals surface area contributed by atoms with Crippen molar-refractivity contribution >= 4 is 34.8 Å². The van der Waals surface area contributed by atoms with Crippen molar-refractivity contribution in [2.45, 2.75) is 6.92 Å². The van der Waals surface area contributed by atoms with E-state index in [1.165, 1.54) is 18.3 Å². The van der Waals surface area contributed by atoms with Crippen molar-refractivity contribution in [3.8, 4) is 0 Å². The first-order chi connectivity index (χ1) is 12.4. The molecule has 1 aromatic heterocycles. The molecule has 0 saturated heterocycles. The zero-order valence-corrected chi connectivity index (χ0v) is 14.3. The van der Waals surface area contributed by atoms with Crippen LogP contribution in [0, 0.1) is 18.6 Å². The topological polar surface area (TPSA) is 66.9 Å². The van der Waals surface area contributed by atoms with Gasteiger partial charge in [-0.1, -0.05) is 11.6 Å². The second-order valence-corrected chi connectivity index (χ2v) is 5.86. The molecule has 0 aliphatic carbocycles. The molecule has 2 N–H and O–H groups in total. The lowest BCUT2D eigenvalue weighted by Gasteiger charge is -2.10. The second kappa shape index (κ2) is 7.45. The number of nitrogens with zero attached hydrogens (tertiary/aromatic N) is 2. The molecule has 1 heterocycles. The van der Waals surface area contributed by atoms with Crippen LogP contribution < -0.4 is 10.6 Å². The monoisotopic (exact) mass is 374 g/mol. The molecule has 26 heavy (non-hydrogen) atoms. The third kappa shape index (κ3) is 4.12. The van der Waals surface area contributed by atoms with Crippen molar-refractivity contribution in [1.29, 1.82) is 0 Å². The van der Waals surface area contributed by atoms with E-state index in [0.717, 1.165) is 17.7 Å². The molecule has 0 atom stereocenters. The van der Waals surface area contributed by atoms with Crippen LogP contribution in [-0.2, 0) is 0 Å². The third-order valence-corrected chi connectivity index (χ3v) is 3.74. The average Bonchev–Trinajstić information content (AvgIpc) is 2.60. The van der Waals surface area contributed by atoms with Gasteiger partial charge in [0.2, 0.25) is 5.95 Å². The zero-order chi connectivity index (χ0) is 18.7. The van der Waals surface area contributed by atoms with Gasteiger partial charge in [0.05, 0.1) is 5.69 Å². The normalized spacial score (nSPS) is 10.5. The van der Waals surface area contributed by atoms with E-state index in [0.29, 0.717) is 10.7 Å². The van der Waals surface area contributed by atoms with Crippen molar-refractivity contribution in [1.82, 2.24) is 9.97 Å². The van der Waals surface area contributed by atoms with Gasteiger partial charge in [-0.2, -0.15) is 0 Å². The van der Waals surface area contributed by atoms with Gasteiger partial charge in [-0.05, 0) is 48.9 Å². The molecule has 0 aliphatic heterocycles. The fraction of sp³-hybridized carbons (Fsp3) is 0.0556. The highest BCUT2D eigenvalue weighted by molar-refractivity contribution is 6.30. The van der Waals surface area contributed by atoms with Crippen LogP contribution in [0.5, 0.6) is 0 Å². The van der Waals surface area contributed by atoms with Gasteiger partial charge in [0.15, 0.2) is 0 Å². The molecule has 0 radical (unpaired) electrons. The predicted molar refractivity (Wildman–Crippen MR) is 95.8 cm³/mol. The number of aryl methyl sites for hydroxylation is 1. The van der Waals surface area contributed by atoms with Gasteiger partial charge < -0.3 is 10.6 Å². The first kappa shape index (κ1) is 17.8. The molecule has 3 aromatic rings. The van der Waals surface area contributed by atoms with E-state index in [2.05, 4.69) is 20.6 Å². The summed E-state index contributed by atoms with van der Waals surface area (Å²) in [5.74, 6) is -1.93. The molecule has 0 bridgehead atoms. The zero-order valence-electron chi connectivity index (χ0n) is 13.6. The molecule has 0 unspecified atom stereocenters. The first-order valence-corrected chi connectivity index (χ1v) is 7.93. The highest BCUT2D eigenvalue weighted by atomic mass is 35.5. The number of rotatable bonds is 4. The summed E-state index contributed by atoms with van der Waals surface area (Å²) in [6.45, 7) is 1.81. The number of hydrogen-bond acceptors (Lipinski definition) is 4. The lowest BCUT2D eigenvalue weighted by Crippen LogP contribution is -2.15.